The van der Waals surface area contributed by atoms with Crippen LogP contribution < -0.4 is 15.2 Å². The summed E-state index contributed by atoms with van der Waals surface area (Å²) < 4.78 is 28.8. The van der Waals surface area contributed by atoms with Crippen molar-refractivity contribution in [3.8, 4) is 5.75 Å². The smallest absolute Gasteiger partial charge is 0.404 e. The standard InChI is InChI=1S/C29H32FN2O6P/c30-25-11-8-22(9-12-25)29(34)32-27-15-10-23(19-24(27)18-21-4-2-1-3-5-21)28(33)31-17-16-20-6-13-26(14-7-20)38-39(35,36)37/h6-15,19,21H,1-5,16-18H2,(H,31,33)(H,32,34)(H2,35,36,37). The lowest BCUT2D eigenvalue weighted by Gasteiger charge is -2.23. The van der Waals surface area contributed by atoms with Crippen molar-refractivity contribution >= 4 is 25.3 Å². The van der Waals surface area contributed by atoms with Crippen LogP contribution in [-0.2, 0) is 17.4 Å². The van der Waals surface area contributed by atoms with Crippen molar-refractivity contribution in [3.63, 3.8) is 0 Å². The molecule has 2 amide bonds. The molecule has 4 N–H and O–H groups in total. The second-order valence-corrected chi connectivity index (χ2v) is 10.9. The number of benzene rings is 3. The Labute approximate surface area is 226 Å². The molecule has 39 heavy (non-hydrogen) atoms. The van der Waals surface area contributed by atoms with Crippen molar-refractivity contribution < 1.29 is 32.9 Å². The second-order valence-electron chi connectivity index (χ2n) is 9.77. The molecule has 206 valence electrons. The fourth-order valence-corrected chi connectivity index (χ4v) is 5.20. The first kappa shape index (κ1) is 28.5. The highest BCUT2D eigenvalue weighted by molar-refractivity contribution is 7.46. The maximum atomic E-state index is 13.3. The van der Waals surface area contributed by atoms with Crippen molar-refractivity contribution in [1.82, 2.24) is 5.32 Å². The molecule has 0 saturated heterocycles. The summed E-state index contributed by atoms with van der Waals surface area (Å²) in [6.07, 6.45) is 7.07. The van der Waals surface area contributed by atoms with Gasteiger partial charge in [0, 0.05) is 23.4 Å². The fourth-order valence-electron chi connectivity index (χ4n) is 4.80. The van der Waals surface area contributed by atoms with Gasteiger partial charge in [-0.3, -0.25) is 19.4 Å². The van der Waals surface area contributed by atoms with E-state index in [2.05, 4.69) is 15.2 Å². The van der Waals surface area contributed by atoms with E-state index < -0.39 is 13.6 Å². The zero-order valence-electron chi connectivity index (χ0n) is 21.4. The van der Waals surface area contributed by atoms with Crippen molar-refractivity contribution in [3.05, 3.63) is 94.8 Å². The lowest BCUT2D eigenvalue weighted by Crippen LogP contribution is -2.26. The summed E-state index contributed by atoms with van der Waals surface area (Å²) in [5.74, 6) is -0.442. The van der Waals surface area contributed by atoms with Gasteiger partial charge in [0.05, 0.1) is 0 Å². The van der Waals surface area contributed by atoms with Crippen LogP contribution in [0.25, 0.3) is 0 Å². The molecule has 1 saturated carbocycles. The molecule has 0 radical (unpaired) electrons. The zero-order chi connectivity index (χ0) is 27.8. The molecule has 0 aromatic heterocycles. The van der Waals surface area contributed by atoms with Crippen molar-refractivity contribution in [2.24, 2.45) is 5.92 Å². The number of anilines is 1. The number of halogens is 1. The van der Waals surface area contributed by atoms with Crippen LogP contribution in [0.1, 0.15) is 63.9 Å². The number of amides is 2. The Kier molecular flexibility index (Phi) is 9.51. The highest BCUT2D eigenvalue weighted by atomic mass is 31.2. The maximum Gasteiger partial charge on any atom is 0.524 e. The second kappa shape index (κ2) is 13.0. The van der Waals surface area contributed by atoms with E-state index in [1.54, 1.807) is 24.3 Å². The van der Waals surface area contributed by atoms with E-state index >= 15 is 0 Å². The van der Waals surface area contributed by atoms with Gasteiger partial charge in [-0.1, -0.05) is 44.2 Å². The number of hydrogen-bond donors (Lipinski definition) is 4. The molecule has 1 aliphatic carbocycles. The van der Waals surface area contributed by atoms with E-state index in [-0.39, 0.29) is 17.6 Å². The van der Waals surface area contributed by atoms with Gasteiger partial charge in [-0.2, -0.15) is 0 Å². The first-order chi connectivity index (χ1) is 18.7. The van der Waals surface area contributed by atoms with Crippen LogP contribution in [0.15, 0.2) is 66.7 Å². The van der Waals surface area contributed by atoms with Crippen molar-refractivity contribution in [1.29, 1.82) is 0 Å². The third-order valence-corrected chi connectivity index (χ3v) is 7.25. The number of carbonyl (C=O) groups is 2. The molecular formula is C29H32FN2O6P. The third-order valence-electron chi connectivity index (χ3n) is 6.80. The number of nitrogens with one attached hydrogen (secondary N) is 2. The first-order valence-corrected chi connectivity index (χ1v) is 14.5. The first-order valence-electron chi connectivity index (χ1n) is 13.0. The van der Waals surface area contributed by atoms with Crippen LogP contribution in [0.3, 0.4) is 0 Å². The summed E-state index contributed by atoms with van der Waals surface area (Å²) in [5.41, 5.74) is 3.24. The van der Waals surface area contributed by atoms with Gasteiger partial charge >= 0.3 is 7.82 Å². The summed E-state index contributed by atoms with van der Waals surface area (Å²) in [5, 5.41) is 5.84. The lowest BCUT2D eigenvalue weighted by molar-refractivity contribution is 0.0953. The quantitative estimate of drug-likeness (QED) is 0.240. The molecule has 1 aliphatic rings. The number of rotatable bonds is 10. The van der Waals surface area contributed by atoms with Crippen LogP contribution in [0.2, 0.25) is 0 Å². The third kappa shape index (κ3) is 8.75. The molecule has 3 aromatic carbocycles. The Bertz CT molecular complexity index is 1330. The van der Waals surface area contributed by atoms with Gasteiger partial charge in [0.15, 0.2) is 0 Å². The average molecular weight is 555 g/mol. The summed E-state index contributed by atoms with van der Waals surface area (Å²) in [6.45, 7) is 0.360. The average Bonchev–Trinajstić information content (AvgIpc) is 2.90. The highest BCUT2D eigenvalue weighted by Gasteiger charge is 2.19. The Morgan fingerprint density at radius 1 is 0.897 bits per heavy atom. The Morgan fingerprint density at radius 3 is 2.23 bits per heavy atom. The number of phosphoric ester groups is 1. The van der Waals surface area contributed by atoms with E-state index in [0.29, 0.717) is 35.7 Å². The summed E-state index contributed by atoms with van der Waals surface area (Å²) in [7, 11) is -4.61. The number of carbonyl (C=O) groups excluding carboxylic acids is 2. The molecule has 3 aromatic rings. The fraction of sp³-hybridized carbons (Fsp3) is 0.310. The molecule has 0 bridgehead atoms. The van der Waals surface area contributed by atoms with E-state index in [1.165, 1.54) is 55.7 Å². The molecule has 8 nitrogen and oxygen atoms in total. The van der Waals surface area contributed by atoms with Crippen molar-refractivity contribution in [2.75, 3.05) is 11.9 Å². The topological polar surface area (TPSA) is 125 Å². The van der Waals surface area contributed by atoms with Gasteiger partial charge in [0.2, 0.25) is 0 Å². The predicted molar refractivity (Wildman–Crippen MR) is 146 cm³/mol. The van der Waals surface area contributed by atoms with E-state index in [0.717, 1.165) is 30.4 Å². The predicted octanol–water partition coefficient (Wildman–Crippen LogP) is 5.64. The zero-order valence-corrected chi connectivity index (χ0v) is 22.3. The van der Waals surface area contributed by atoms with E-state index in [9.17, 15) is 18.5 Å². The van der Waals surface area contributed by atoms with E-state index in [4.69, 9.17) is 9.79 Å². The monoisotopic (exact) mass is 554 g/mol. The SMILES string of the molecule is O=C(NCCc1ccc(OP(=O)(O)O)cc1)c1ccc(NC(=O)c2ccc(F)cc2)c(CC2CCCCC2)c1. The summed E-state index contributed by atoms with van der Waals surface area (Å²) >= 11 is 0. The Balaban J connectivity index is 1.41. The minimum atomic E-state index is -4.61. The minimum absolute atomic E-state index is 0.0632. The van der Waals surface area contributed by atoms with Crippen LogP contribution in [0, 0.1) is 11.7 Å². The molecule has 4 rings (SSSR count). The normalized spacial score (nSPS) is 14.0. The summed E-state index contributed by atoms with van der Waals surface area (Å²) in [4.78, 5) is 43.5. The molecule has 0 aliphatic heterocycles. The van der Waals surface area contributed by atoms with Gasteiger partial charge in [-0.15, -0.1) is 0 Å². The van der Waals surface area contributed by atoms with Crippen LogP contribution >= 0.6 is 7.82 Å². The minimum Gasteiger partial charge on any atom is -0.404 e. The molecule has 0 spiro atoms. The number of hydrogen-bond acceptors (Lipinski definition) is 4. The molecular weight excluding hydrogens is 522 g/mol. The van der Waals surface area contributed by atoms with Gasteiger partial charge in [0.25, 0.3) is 11.8 Å². The van der Waals surface area contributed by atoms with E-state index in [1.807, 2.05) is 6.07 Å². The van der Waals surface area contributed by atoms with Gasteiger partial charge in [0.1, 0.15) is 11.6 Å². The van der Waals surface area contributed by atoms with Crippen molar-refractivity contribution in [2.45, 2.75) is 44.9 Å². The molecule has 0 unspecified atom stereocenters. The maximum absolute atomic E-state index is 13.3. The molecule has 0 atom stereocenters. The molecule has 10 heteroatoms. The van der Waals surface area contributed by atoms with Gasteiger partial charge in [-0.25, -0.2) is 8.96 Å². The van der Waals surface area contributed by atoms with Crippen LogP contribution in [-0.4, -0.2) is 28.1 Å². The largest absolute Gasteiger partial charge is 0.524 e. The van der Waals surface area contributed by atoms with Crippen LogP contribution in [0.4, 0.5) is 10.1 Å². The highest BCUT2D eigenvalue weighted by Crippen LogP contribution is 2.37. The summed E-state index contributed by atoms with van der Waals surface area (Å²) in [6, 6.07) is 16.9. The Hall–Kier alpha value is -3.52. The van der Waals surface area contributed by atoms with Gasteiger partial charge < -0.3 is 15.2 Å². The van der Waals surface area contributed by atoms with Crippen LogP contribution in [0.5, 0.6) is 5.75 Å². The Morgan fingerprint density at radius 2 is 1.56 bits per heavy atom. The number of phosphoric acid groups is 1. The van der Waals surface area contributed by atoms with Gasteiger partial charge in [-0.05, 0) is 84.5 Å². The lowest BCUT2D eigenvalue weighted by atomic mass is 9.84. The molecule has 1 fully saturated rings. The molecule has 0 heterocycles.